The second-order valence-corrected chi connectivity index (χ2v) is 4.47. The third kappa shape index (κ3) is 9.29. The molecule has 1 aromatic carbocycles. The van der Waals surface area contributed by atoms with Gasteiger partial charge in [-0.15, -0.1) is 0 Å². The number of ether oxygens (including phenoxy) is 1. The Balaban J connectivity index is 2.08. The molecule has 0 radical (unpaired) electrons. The molecule has 0 fully saturated rings. The fourth-order valence-corrected chi connectivity index (χ4v) is 1.68. The van der Waals surface area contributed by atoms with Gasteiger partial charge in [0.1, 0.15) is 0 Å². The molecule has 0 heterocycles. The molecule has 1 aromatic rings. The molecule has 0 amide bonds. The van der Waals surface area contributed by atoms with Gasteiger partial charge >= 0.3 is 5.97 Å². The Bertz CT molecular complexity index is 515. The van der Waals surface area contributed by atoms with E-state index >= 15 is 0 Å². The quantitative estimate of drug-likeness (QED) is 0.321. The zero-order valence-corrected chi connectivity index (χ0v) is 12.5. The van der Waals surface area contributed by atoms with Crippen molar-refractivity contribution in [2.45, 2.75) is 32.6 Å². The lowest BCUT2D eigenvalue weighted by molar-refractivity contribution is -0.137. The van der Waals surface area contributed by atoms with Gasteiger partial charge in [-0.3, -0.25) is 0 Å². The summed E-state index contributed by atoms with van der Waals surface area (Å²) in [6, 6.07) is 10.1. The number of unbranched alkanes of at least 4 members (excludes halogenated alkanes) is 3. The van der Waals surface area contributed by atoms with Crippen molar-refractivity contribution >= 4 is 12.0 Å². The molecule has 0 aromatic heterocycles. The largest absolute Gasteiger partial charge is 0.463 e. The van der Waals surface area contributed by atoms with Crippen LogP contribution in [0.5, 0.6) is 0 Å². The highest BCUT2D eigenvalue weighted by molar-refractivity contribution is 5.81. The average molecular weight is 282 g/mol. The van der Waals surface area contributed by atoms with Gasteiger partial charge in [0.05, 0.1) is 6.61 Å². The minimum atomic E-state index is -0.261. The van der Waals surface area contributed by atoms with Crippen LogP contribution in [0.3, 0.4) is 0 Å². The molecule has 0 N–H and O–H groups in total. The molecular weight excluding hydrogens is 260 g/mol. The molecule has 0 atom stereocenters. The Kier molecular flexibility index (Phi) is 9.23. The topological polar surface area (TPSA) is 26.3 Å². The number of hydrogen-bond acceptors (Lipinski definition) is 2. The van der Waals surface area contributed by atoms with Gasteiger partial charge in [-0.1, -0.05) is 48.2 Å². The van der Waals surface area contributed by atoms with Crippen molar-refractivity contribution in [3.05, 3.63) is 54.1 Å². The molecule has 0 saturated heterocycles. The summed E-state index contributed by atoms with van der Waals surface area (Å²) in [5.74, 6) is 5.90. The van der Waals surface area contributed by atoms with Gasteiger partial charge in [0.15, 0.2) is 0 Å². The van der Waals surface area contributed by atoms with Crippen molar-refractivity contribution in [2.75, 3.05) is 6.61 Å². The Hall–Kier alpha value is -2.27. The Morgan fingerprint density at radius 2 is 2.05 bits per heavy atom. The molecule has 2 nitrogen and oxygen atoms in total. The van der Waals surface area contributed by atoms with Crippen LogP contribution in [0.2, 0.25) is 0 Å². The molecule has 0 saturated carbocycles. The highest BCUT2D eigenvalue weighted by Crippen LogP contribution is 2.01. The van der Waals surface area contributed by atoms with Gasteiger partial charge in [0.25, 0.3) is 0 Å². The number of carbonyl (C=O) groups is 1. The van der Waals surface area contributed by atoms with E-state index in [1.807, 2.05) is 48.6 Å². The fraction of sp³-hybridized carbons (Fsp3) is 0.316. The van der Waals surface area contributed by atoms with Crippen molar-refractivity contribution in [2.24, 2.45) is 0 Å². The van der Waals surface area contributed by atoms with E-state index in [9.17, 15) is 4.79 Å². The van der Waals surface area contributed by atoms with Crippen LogP contribution in [0.15, 0.2) is 48.6 Å². The highest BCUT2D eigenvalue weighted by atomic mass is 16.5. The summed E-state index contributed by atoms with van der Waals surface area (Å²) < 4.78 is 4.79. The third-order valence-corrected chi connectivity index (χ3v) is 2.72. The minimum absolute atomic E-state index is 0.261. The van der Waals surface area contributed by atoms with Crippen LogP contribution in [-0.2, 0) is 9.53 Å². The molecule has 0 unspecified atom stereocenters. The SMILES string of the molecule is CCOC(=O)C=CCCCCC#CC=Cc1ccccc1. The molecule has 0 aliphatic carbocycles. The number of rotatable bonds is 7. The van der Waals surface area contributed by atoms with Crippen LogP contribution in [-0.4, -0.2) is 12.6 Å². The lowest BCUT2D eigenvalue weighted by Gasteiger charge is -1.94. The maximum Gasteiger partial charge on any atom is 0.330 e. The van der Waals surface area contributed by atoms with Crippen molar-refractivity contribution in [3.63, 3.8) is 0 Å². The van der Waals surface area contributed by atoms with Gasteiger partial charge in [0.2, 0.25) is 0 Å². The first kappa shape index (κ1) is 16.8. The first-order valence-electron chi connectivity index (χ1n) is 7.36. The molecular formula is C19H22O2. The lowest BCUT2D eigenvalue weighted by atomic mass is 10.2. The van der Waals surface area contributed by atoms with Crippen LogP contribution >= 0.6 is 0 Å². The number of esters is 1. The summed E-state index contributed by atoms with van der Waals surface area (Å²) in [7, 11) is 0. The van der Waals surface area contributed by atoms with E-state index in [1.54, 1.807) is 6.92 Å². The maximum atomic E-state index is 11.0. The minimum Gasteiger partial charge on any atom is -0.463 e. The summed E-state index contributed by atoms with van der Waals surface area (Å²) in [4.78, 5) is 11.0. The smallest absolute Gasteiger partial charge is 0.330 e. The predicted octanol–water partition coefficient (Wildman–Crippen LogP) is 4.38. The van der Waals surface area contributed by atoms with Gasteiger partial charge in [-0.25, -0.2) is 4.79 Å². The van der Waals surface area contributed by atoms with Crippen molar-refractivity contribution < 1.29 is 9.53 Å². The average Bonchev–Trinajstić information content (AvgIpc) is 2.50. The highest BCUT2D eigenvalue weighted by Gasteiger charge is 1.91. The Labute approximate surface area is 127 Å². The van der Waals surface area contributed by atoms with Gasteiger partial charge in [-0.2, -0.15) is 0 Å². The molecule has 110 valence electrons. The molecule has 21 heavy (non-hydrogen) atoms. The second kappa shape index (κ2) is 11.5. The molecule has 1 rings (SSSR count). The van der Waals surface area contributed by atoms with Crippen LogP contribution in [0, 0.1) is 11.8 Å². The van der Waals surface area contributed by atoms with Crippen molar-refractivity contribution in [3.8, 4) is 11.8 Å². The van der Waals surface area contributed by atoms with Gasteiger partial charge in [0, 0.05) is 12.5 Å². The van der Waals surface area contributed by atoms with E-state index in [-0.39, 0.29) is 5.97 Å². The van der Waals surface area contributed by atoms with E-state index in [1.165, 1.54) is 6.08 Å². The van der Waals surface area contributed by atoms with Crippen LogP contribution in [0.1, 0.15) is 38.2 Å². The van der Waals surface area contributed by atoms with Gasteiger partial charge < -0.3 is 4.74 Å². The summed E-state index contributed by atoms with van der Waals surface area (Å²) in [6.45, 7) is 2.23. The first-order chi connectivity index (χ1) is 10.3. The summed E-state index contributed by atoms with van der Waals surface area (Å²) >= 11 is 0. The molecule has 0 aliphatic heterocycles. The second-order valence-electron chi connectivity index (χ2n) is 4.47. The third-order valence-electron chi connectivity index (χ3n) is 2.72. The predicted molar refractivity (Wildman–Crippen MR) is 87.5 cm³/mol. The zero-order valence-electron chi connectivity index (χ0n) is 12.5. The first-order valence-corrected chi connectivity index (χ1v) is 7.36. The van der Waals surface area contributed by atoms with E-state index in [0.29, 0.717) is 6.61 Å². The number of hydrogen-bond donors (Lipinski definition) is 0. The molecule has 0 spiro atoms. The lowest BCUT2D eigenvalue weighted by Crippen LogP contribution is -1.98. The van der Waals surface area contributed by atoms with Crippen LogP contribution in [0.4, 0.5) is 0 Å². The standard InChI is InChI=1S/C19H22O2/c1-2-21-19(20)17-13-8-6-4-3-5-7-10-14-18-15-11-9-12-16-18/h9-17H,2-4,6,8H2,1H3. The monoisotopic (exact) mass is 282 g/mol. The number of benzene rings is 1. The fourth-order valence-electron chi connectivity index (χ4n) is 1.68. The van der Waals surface area contributed by atoms with E-state index in [2.05, 4.69) is 11.8 Å². The van der Waals surface area contributed by atoms with Crippen LogP contribution < -0.4 is 0 Å². The van der Waals surface area contributed by atoms with Crippen molar-refractivity contribution in [1.29, 1.82) is 0 Å². The molecule has 0 bridgehead atoms. The van der Waals surface area contributed by atoms with Crippen LogP contribution in [0.25, 0.3) is 6.08 Å². The zero-order chi connectivity index (χ0) is 15.2. The number of carbonyl (C=O) groups excluding carboxylic acids is 1. The maximum absolute atomic E-state index is 11.0. The van der Waals surface area contributed by atoms with E-state index in [0.717, 1.165) is 31.2 Å². The van der Waals surface area contributed by atoms with Gasteiger partial charge in [-0.05, 0) is 43.9 Å². The molecule has 2 heteroatoms. The van der Waals surface area contributed by atoms with E-state index in [4.69, 9.17) is 4.74 Å². The number of allylic oxidation sites excluding steroid dienone is 2. The normalized spacial score (nSPS) is 10.5. The summed E-state index contributed by atoms with van der Waals surface area (Å²) in [5.41, 5.74) is 1.16. The van der Waals surface area contributed by atoms with Crippen molar-refractivity contribution in [1.82, 2.24) is 0 Å². The summed E-state index contributed by atoms with van der Waals surface area (Å²) in [6.07, 6.45) is 11.1. The Morgan fingerprint density at radius 3 is 2.81 bits per heavy atom. The summed E-state index contributed by atoms with van der Waals surface area (Å²) in [5, 5.41) is 0. The van der Waals surface area contributed by atoms with E-state index < -0.39 is 0 Å². The molecule has 0 aliphatic rings. The Morgan fingerprint density at radius 1 is 1.24 bits per heavy atom.